The average molecular weight is 302 g/mol. The van der Waals surface area contributed by atoms with Crippen LogP contribution in [0, 0.1) is 0 Å². The van der Waals surface area contributed by atoms with Gasteiger partial charge in [0.1, 0.15) is 11.5 Å². The van der Waals surface area contributed by atoms with Gasteiger partial charge in [0.25, 0.3) is 0 Å². The molecule has 5 heteroatoms. The molecule has 0 spiro atoms. The van der Waals surface area contributed by atoms with E-state index in [1.54, 1.807) is 19.2 Å². The van der Waals surface area contributed by atoms with E-state index < -0.39 is 5.97 Å². The van der Waals surface area contributed by atoms with Crippen LogP contribution < -0.4 is 9.16 Å². The fraction of sp³-hybridized carbons (Fsp3) is 0.188. The minimum Gasteiger partial charge on any atom is -0.517 e. The molecule has 0 atom stereocenters. The lowest BCUT2D eigenvalue weighted by Crippen LogP contribution is -2.04. The molecule has 110 valence electrons. The minimum atomic E-state index is -0.472. The first-order chi connectivity index (χ1) is 10.2. The largest absolute Gasteiger partial charge is 0.520 e. The molecule has 0 saturated heterocycles. The summed E-state index contributed by atoms with van der Waals surface area (Å²) in [6, 6.07) is 11.0. The second kappa shape index (κ2) is 8.94. The Morgan fingerprint density at radius 1 is 1.10 bits per heavy atom. The summed E-state index contributed by atoms with van der Waals surface area (Å²) in [7, 11) is 1.56. The Labute approximate surface area is 127 Å². The molecule has 0 amide bonds. The van der Waals surface area contributed by atoms with E-state index in [0.29, 0.717) is 5.75 Å². The Hall–Kier alpha value is -2.11. The van der Waals surface area contributed by atoms with Gasteiger partial charge in [0.2, 0.25) is 0 Å². The van der Waals surface area contributed by atoms with Crippen LogP contribution >= 0.6 is 0 Å². The Bertz CT molecular complexity index is 610. The number of carbonyl (C=O) groups is 1. The van der Waals surface area contributed by atoms with Crippen molar-refractivity contribution in [2.75, 3.05) is 7.11 Å². The molecule has 0 aromatic heterocycles. The molecule has 21 heavy (non-hydrogen) atoms. The van der Waals surface area contributed by atoms with Gasteiger partial charge in [-0.1, -0.05) is 32.6 Å². The fourth-order valence-electron chi connectivity index (χ4n) is 1.58. The zero-order valence-electron chi connectivity index (χ0n) is 12.4. The van der Waals surface area contributed by atoms with Crippen LogP contribution in [0.1, 0.15) is 13.8 Å². The summed E-state index contributed by atoms with van der Waals surface area (Å²) in [6.07, 6.45) is 1.13. The number of fused-ring (bicyclic) bond motifs is 1. The maximum absolute atomic E-state index is 11.1. The molecule has 0 aliphatic heterocycles. The number of hydrogen-bond acceptors (Lipinski definition) is 4. The highest BCUT2D eigenvalue weighted by Crippen LogP contribution is 2.25. The predicted octanol–water partition coefficient (Wildman–Crippen LogP) is 3.52. The summed E-state index contributed by atoms with van der Waals surface area (Å²) in [5.41, 5.74) is 0. The summed E-state index contributed by atoms with van der Waals surface area (Å²) in [4.78, 5) is 11.1. The average Bonchev–Trinajstić information content (AvgIpc) is 2.54. The number of esters is 1. The quantitative estimate of drug-likeness (QED) is 0.367. The Balaban J connectivity index is 0.00000106. The standard InChI is InChI=1S/C14H12O4Si.C2H6/c1-3-14(15)17-12-6-4-11-9-13(18-19-16-2)7-5-10(11)8-12;1-2/h3-9H,1H2,2H3;1-2H3. The van der Waals surface area contributed by atoms with Gasteiger partial charge in [0, 0.05) is 13.2 Å². The lowest BCUT2D eigenvalue weighted by Gasteiger charge is -2.06. The van der Waals surface area contributed by atoms with Crippen molar-refractivity contribution in [2.24, 2.45) is 0 Å². The number of rotatable bonds is 5. The maximum Gasteiger partial charge on any atom is 0.520 e. The lowest BCUT2D eigenvalue weighted by molar-refractivity contribution is -0.128. The molecule has 0 N–H and O–H groups in total. The molecule has 2 aromatic rings. The van der Waals surface area contributed by atoms with Gasteiger partial charge in [-0.2, -0.15) is 0 Å². The molecule has 0 fully saturated rings. The van der Waals surface area contributed by atoms with Crippen molar-refractivity contribution in [3.63, 3.8) is 0 Å². The van der Waals surface area contributed by atoms with Crippen molar-refractivity contribution in [3.8, 4) is 11.5 Å². The topological polar surface area (TPSA) is 44.8 Å². The normalized spacial score (nSPS) is 9.48. The van der Waals surface area contributed by atoms with Gasteiger partial charge in [-0.15, -0.1) is 0 Å². The predicted molar refractivity (Wildman–Crippen MR) is 84.5 cm³/mol. The summed E-state index contributed by atoms with van der Waals surface area (Å²) in [6.45, 7) is 7.36. The van der Waals surface area contributed by atoms with Crippen molar-refractivity contribution in [3.05, 3.63) is 49.1 Å². The van der Waals surface area contributed by atoms with E-state index in [-0.39, 0.29) is 10.0 Å². The first kappa shape index (κ1) is 16.9. The third-order valence-corrected chi connectivity index (χ3v) is 2.90. The van der Waals surface area contributed by atoms with Crippen LogP contribution in [0.15, 0.2) is 49.1 Å². The van der Waals surface area contributed by atoms with Crippen LogP contribution in [0.4, 0.5) is 0 Å². The smallest absolute Gasteiger partial charge is 0.517 e. The molecule has 2 rings (SSSR count). The number of ether oxygens (including phenoxy) is 1. The summed E-state index contributed by atoms with van der Waals surface area (Å²) >= 11 is 0. The van der Waals surface area contributed by atoms with Crippen molar-refractivity contribution in [1.82, 2.24) is 0 Å². The zero-order valence-corrected chi connectivity index (χ0v) is 13.4. The molecule has 0 heterocycles. The van der Waals surface area contributed by atoms with Gasteiger partial charge in [-0.3, -0.25) is 0 Å². The van der Waals surface area contributed by atoms with Crippen LogP contribution in [-0.2, 0) is 9.22 Å². The SMILES string of the molecule is C=CC(=O)Oc1ccc2cc(O[Si]OC)ccc2c1.CC. The van der Waals surface area contributed by atoms with Gasteiger partial charge in [0.05, 0.1) is 0 Å². The van der Waals surface area contributed by atoms with Crippen LogP contribution in [0.5, 0.6) is 11.5 Å². The van der Waals surface area contributed by atoms with E-state index >= 15 is 0 Å². The van der Waals surface area contributed by atoms with Gasteiger partial charge < -0.3 is 13.6 Å². The molecule has 0 unspecified atom stereocenters. The number of benzene rings is 2. The molecule has 2 radical (unpaired) electrons. The van der Waals surface area contributed by atoms with E-state index in [4.69, 9.17) is 13.6 Å². The van der Waals surface area contributed by atoms with E-state index in [2.05, 4.69) is 6.58 Å². The van der Waals surface area contributed by atoms with Crippen LogP contribution in [0.2, 0.25) is 0 Å². The van der Waals surface area contributed by atoms with E-state index in [9.17, 15) is 4.79 Å². The fourth-order valence-corrected chi connectivity index (χ4v) is 1.88. The molecule has 4 nitrogen and oxygen atoms in total. The Morgan fingerprint density at radius 2 is 1.67 bits per heavy atom. The number of carbonyl (C=O) groups excluding carboxylic acids is 1. The second-order valence-electron chi connectivity index (χ2n) is 3.69. The van der Waals surface area contributed by atoms with Gasteiger partial charge >= 0.3 is 16.0 Å². The second-order valence-corrected chi connectivity index (χ2v) is 4.46. The van der Waals surface area contributed by atoms with Gasteiger partial charge in [0.15, 0.2) is 0 Å². The van der Waals surface area contributed by atoms with Crippen molar-refractivity contribution in [2.45, 2.75) is 13.8 Å². The third kappa shape index (κ3) is 5.05. The summed E-state index contributed by atoms with van der Waals surface area (Å²) in [5, 5.41) is 1.96. The van der Waals surface area contributed by atoms with Crippen LogP contribution in [-0.4, -0.2) is 23.1 Å². The van der Waals surface area contributed by atoms with Crippen molar-refractivity contribution in [1.29, 1.82) is 0 Å². The molecular weight excluding hydrogens is 284 g/mol. The highest BCUT2D eigenvalue weighted by atomic mass is 28.3. The number of hydrogen-bond donors (Lipinski definition) is 0. The van der Waals surface area contributed by atoms with Crippen LogP contribution in [0.3, 0.4) is 0 Å². The third-order valence-electron chi connectivity index (χ3n) is 2.41. The zero-order chi connectivity index (χ0) is 15.7. The highest BCUT2D eigenvalue weighted by molar-refractivity contribution is 6.19. The molecule has 0 aliphatic rings. The Morgan fingerprint density at radius 3 is 2.24 bits per heavy atom. The van der Waals surface area contributed by atoms with E-state index in [1.165, 1.54) is 0 Å². The molecule has 0 aliphatic carbocycles. The maximum atomic E-state index is 11.1. The first-order valence-corrected chi connectivity index (χ1v) is 7.37. The molecule has 2 aromatic carbocycles. The molecule has 0 bridgehead atoms. The van der Waals surface area contributed by atoms with Crippen molar-refractivity contribution >= 4 is 26.7 Å². The first-order valence-electron chi connectivity index (χ1n) is 6.56. The molecule has 0 saturated carbocycles. The van der Waals surface area contributed by atoms with E-state index in [0.717, 1.165) is 22.6 Å². The lowest BCUT2D eigenvalue weighted by atomic mass is 10.1. The minimum absolute atomic E-state index is 0.0228. The van der Waals surface area contributed by atoms with Crippen molar-refractivity contribution < 1.29 is 18.4 Å². The highest BCUT2D eigenvalue weighted by Gasteiger charge is 2.03. The van der Waals surface area contributed by atoms with Gasteiger partial charge in [-0.05, 0) is 35.0 Å². The monoisotopic (exact) mass is 302 g/mol. The summed E-state index contributed by atoms with van der Waals surface area (Å²) < 4.78 is 15.3. The molecular formula is C16H18O4Si. The van der Waals surface area contributed by atoms with Crippen LogP contribution in [0.25, 0.3) is 10.8 Å². The summed E-state index contributed by atoms with van der Waals surface area (Å²) in [5.74, 6) is 0.758. The Kier molecular flexibility index (Phi) is 7.21. The van der Waals surface area contributed by atoms with E-state index in [1.807, 2.05) is 38.1 Å². The van der Waals surface area contributed by atoms with Gasteiger partial charge in [-0.25, -0.2) is 4.79 Å².